The number of phenols is 1. The van der Waals surface area contributed by atoms with Crippen LogP contribution >= 0.6 is 15.9 Å². The number of aliphatic hydroxyl groups is 1. The number of halogens is 2. The van der Waals surface area contributed by atoms with Crippen molar-refractivity contribution < 1.29 is 14.6 Å². The maximum absolute atomic E-state index is 13.1. The summed E-state index contributed by atoms with van der Waals surface area (Å²) in [7, 11) is 0. The van der Waals surface area contributed by atoms with E-state index in [4.69, 9.17) is 5.11 Å². The SMILES string of the molecule is CC(N[C@@H](C)CO)c1cc(Br)c(F)cc1O. The molecule has 5 heteroatoms. The van der Waals surface area contributed by atoms with Crippen LogP contribution in [0.15, 0.2) is 16.6 Å². The van der Waals surface area contributed by atoms with E-state index in [0.717, 1.165) is 6.07 Å². The quantitative estimate of drug-likeness (QED) is 0.798. The maximum atomic E-state index is 13.1. The van der Waals surface area contributed by atoms with E-state index in [2.05, 4.69) is 21.2 Å². The zero-order valence-corrected chi connectivity index (χ0v) is 10.8. The molecule has 16 heavy (non-hydrogen) atoms. The molecule has 1 aromatic rings. The Bertz CT molecular complexity index is 373. The average molecular weight is 292 g/mol. The molecule has 0 saturated carbocycles. The largest absolute Gasteiger partial charge is 0.508 e. The van der Waals surface area contributed by atoms with E-state index < -0.39 is 5.82 Å². The summed E-state index contributed by atoms with van der Waals surface area (Å²) in [6.07, 6.45) is 0. The molecular weight excluding hydrogens is 277 g/mol. The fraction of sp³-hybridized carbons (Fsp3) is 0.455. The van der Waals surface area contributed by atoms with Gasteiger partial charge in [-0.25, -0.2) is 4.39 Å². The highest BCUT2D eigenvalue weighted by Gasteiger charge is 2.15. The van der Waals surface area contributed by atoms with Crippen LogP contribution in [-0.4, -0.2) is 22.9 Å². The van der Waals surface area contributed by atoms with Gasteiger partial charge in [-0.05, 0) is 35.8 Å². The summed E-state index contributed by atoms with van der Waals surface area (Å²) in [5.74, 6) is -0.588. The second-order valence-corrected chi connectivity index (χ2v) is 4.65. The first-order chi connectivity index (χ1) is 7.45. The summed E-state index contributed by atoms with van der Waals surface area (Å²) in [4.78, 5) is 0. The van der Waals surface area contributed by atoms with Crippen LogP contribution < -0.4 is 5.32 Å². The van der Waals surface area contributed by atoms with Gasteiger partial charge in [-0.3, -0.25) is 0 Å². The Labute approximate surface area is 102 Å². The molecule has 1 rings (SSSR count). The molecule has 2 atom stereocenters. The Morgan fingerprint density at radius 1 is 1.44 bits per heavy atom. The second kappa shape index (κ2) is 5.61. The van der Waals surface area contributed by atoms with Gasteiger partial charge in [-0.2, -0.15) is 0 Å². The van der Waals surface area contributed by atoms with Crippen LogP contribution in [-0.2, 0) is 0 Å². The van der Waals surface area contributed by atoms with Gasteiger partial charge in [0.2, 0.25) is 0 Å². The van der Waals surface area contributed by atoms with Gasteiger partial charge in [0, 0.05) is 23.7 Å². The highest BCUT2D eigenvalue weighted by atomic mass is 79.9. The predicted octanol–water partition coefficient (Wildman–Crippen LogP) is 2.33. The van der Waals surface area contributed by atoms with Crippen molar-refractivity contribution in [1.29, 1.82) is 0 Å². The van der Waals surface area contributed by atoms with E-state index in [1.54, 1.807) is 0 Å². The van der Waals surface area contributed by atoms with Gasteiger partial charge in [0.15, 0.2) is 0 Å². The summed E-state index contributed by atoms with van der Waals surface area (Å²) in [6, 6.07) is 2.35. The first-order valence-electron chi connectivity index (χ1n) is 5.00. The highest BCUT2D eigenvalue weighted by Crippen LogP contribution is 2.29. The van der Waals surface area contributed by atoms with Gasteiger partial charge >= 0.3 is 0 Å². The molecule has 1 aromatic carbocycles. The lowest BCUT2D eigenvalue weighted by molar-refractivity contribution is 0.242. The Hall–Kier alpha value is -0.650. The van der Waals surface area contributed by atoms with E-state index in [1.807, 2.05) is 13.8 Å². The number of aromatic hydroxyl groups is 1. The van der Waals surface area contributed by atoms with Gasteiger partial charge in [0.25, 0.3) is 0 Å². The van der Waals surface area contributed by atoms with Crippen LogP contribution in [0, 0.1) is 5.82 Å². The lowest BCUT2D eigenvalue weighted by atomic mass is 10.1. The third-order valence-electron chi connectivity index (χ3n) is 2.34. The third-order valence-corrected chi connectivity index (χ3v) is 2.95. The van der Waals surface area contributed by atoms with E-state index in [9.17, 15) is 9.50 Å². The average Bonchev–Trinajstić information content (AvgIpc) is 2.23. The van der Waals surface area contributed by atoms with Crippen LogP contribution in [0.25, 0.3) is 0 Å². The predicted molar refractivity (Wildman–Crippen MR) is 63.9 cm³/mol. The van der Waals surface area contributed by atoms with Gasteiger partial charge in [0.1, 0.15) is 11.6 Å². The maximum Gasteiger partial charge on any atom is 0.141 e. The lowest BCUT2D eigenvalue weighted by Crippen LogP contribution is -2.31. The fourth-order valence-corrected chi connectivity index (χ4v) is 1.83. The van der Waals surface area contributed by atoms with Crippen LogP contribution in [0.5, 0.6) is 5.75 Å². The van der Waals surface area contributed by atoms with Crippen molar-refractivity contribution in [3.8, 4) is 5.75 Å². The molecule has 0 aliphatic heterocycles. The monoisotopic (exact) mass is 291 g/mol. The molecule has 0 aliphatic rings. The third kappa shape index (κ3) is 3.17. The summed E-state index contributed by atoms with van der Waals surface area (Å²) < 4.78 is 13.4. The van der Waals surface area contributed by atoms with Crippen LogP contribution in [0.1, 0.15) is 25.5 Å². The second-order valence-electron chi connectivity index (χ2n) is 3.80. The molecule has 1 unspecified atom stereocenters. The van der Waals surface area contributed by atoms with E-state index in [-0.39, 0.29) is 24.4 Å². The zero-order valence-electron chi connectivity index (χ0n) is 9.17. The van der Waals surface area contributed by atoms with Crippen molar-refractivity contribution in [3.63, 3.8) is 0 Å². The summed E-state index contributed by atoms with van der Waals surface area (Å²) in [6.45, 7) is 3.67. The minimum absolute atomic E-state index is 0.00741. The molecule has 3 N–H and O–H groups in total. The van der Waals surface area contributed by atoms with Crippen LogP contribution in [0.4, 0.5) is 4.39 Å². The van der Waals surface area contributed by atoms with E-state index >= 15 is 0 Å². The number of rotatable bonds is 4. The Balaban J connectivity index is 2.91. The number of phenolic OH excluding ortho intramolecular Hbond substituents is 1. The molecule has 0 amide bonds. The molecule has 0 aromatic heterocycles. The molecule has 0 bridgehead atoms. The van der Waals surface area contributed by atoms with Crippen LogP contribution in [0.2, 0.25) is 0 Å². The smallest absolute Gasteiger partial charge is 0.141 e. The summed E-state index contributed by atoms with van der Waals surface area (Å²) in [5, 5.41) is 21.6. The van der Waals surface area contributed by atoms with Crippen LogP contribution in [0.3, 0.4) is 0 Å². The van der Waals surface area contributed by atoms with Crippen molar-refractivity contribution in [2.24, 2.45) is 0 Å². The molecule has 90 valence electrons. The number of hydrogen-bond donors (Lipinski definition) is 3. The number of hydrogen-bond acceptors (Lipinski definition) is 3. The summed E-state index contributed by atoms with van der Waals surface area (Å²) >= 11 is 3.07. The van der Waals surface area contributed by atoms with E-state index in [1.165, 1.54) is 6.07 Å². The first-order valence-corrected chi connectivity index (χ1v) is 5.79. The van der Waals surface area contributed by atoms with Crippen molar-refractivity contribution in [3.05, 3.63) is 28.0 Å². The van der Waals surface area contributed by atoms with Gasteiger partial charge in [-0.1, -0.05) is 0 Å². The van der Waals surface area contributed by atoms with Crippen molar-refractivity contribution in [2.45, 2.75) is 25.9 Å². The molecule has 0 heterocycles. The molecular formula is C11H15BrFNO2. The lowest BCUT2D eigenvalue weighted by Gasteiger charge is -2.19. The molecule has 0 fully saturated rings. The molecule has 0 aliphatic carbocycles. The van der Waals surface area contributed by atoms with Gasteiger partial charge < -0.3 is 15.5 Å². The number of aliphatic hydroxyl groups excluding tert-OH is 1. The minimum atomic E-state index is -0.497. The molecule has 3 nitrogen and oxygen atoms in total. The Morgan fingerprint density at radius 2 is 2.06 bits per heavy atom. The molecule has 0 radical (unpaired) electrons. The topological polar surface area (TPSA) is 52.5 Å². The van der Waals surface area contributed by atoms with Crippen molar-refractivity contribution >= 4 is 15.9 Å². The number of benzene rings is 1. The van der Waals surface area contributed by atoms with Gasteiger partial charge in [-0.15, -0.1) is 0 Å². The van der Waals surface area contributed by atoms with Gasteiger partial charge in [0.05, 0.1) is 11.1 Å². The normalized spacial score (nSPS) is 14.8. The zero-order chi connectivity index (χ0) is 12.3. The number of nitrogens with one attached hydrogen (secondary N) is 1. The standard InChI is InChI=1S/C11H15BrFNO2/c1-6(5-15)14-7(2)8-3-9(12)10(13)4-11(8)16/h3-4,6-7,14-16H,5H2,1-2H3/t6-,7?/m0/s1. The van der Waals surface area contributed by atoms with E-state index in [0.29, 0.717) is 10.0 Å². The molecule has 0 saturated heterocycles. The minimum Gasteiger partial charge on any atom is -0.508 e. The Morgan fingerprint density at radius 3 is 2.62 bits per heavy atom. The van der Waals surface area contributed by atoms with Crippen molar-refractivity contribution in [1.82, 2.24) is 5.32 Å². The molecule has 0 spiro atoms. The van der Waals surface area contributed by atoms with Crippen molar-refractivity contribution in [2.75, 3.05) is 6.61 Å². The highest BCUT2D eigenvalue weighted by molar-refractivity contribution is 9.10. The fourth-order valence-electron chi connectivity index (χ4n) is 1.47. The summed E-state index contributed by atoms with van der Waals surface area (Å²) in [5.41, 5.74) is 0.591. The Kier molecular flexibility index (Phi) is 4.70. The first kappa shape index (κ1) is 13.4.